The van der Waals surface area contributed by atoms with Gasteiger partial charge in [0.05, 0.1) is 11.6 Å². The van der Waals surface area contributed by atoms with Crippen LogP contribution < -0.4 is 10.1 Å². The van der Waals surface area contributed by atoms with Gasteiger partial charge in [0.2, 0.25) is 0 Å². The predicted octanol–water partition coefficient (Wildman–Crippen LogP) is 2.35. The van der Waals surface area contributed by atoms with Crippen LogP contribution in [0, 0.1) is 0 Å². The van der Waals surface area contributed by atoms with E-state index >= 15 is 0 Å². The summed E-state index contributed by atoms with van der Waals surface area (Å²) >= 11 is 3.37. The number of rotatable bonds is 5. The molecule has 19 heavy (non-hydrogen) atoms. The van der Waals surface area contributed by atoms with E-state index in [0.29, 0.717) is 16.3 Å². The van der Waals surface area contributed by atoms with Crippen molar-refractivity contribution in [3.8, 4) is 11.5 Å². The zero-order valence-electron chi connectivity index (χ0n) is 11.4. The van der Waals surface area contributed by atoms with Gasteiger partial charge in [0.1, 0.15) is 0 Å². The van der Waals surface area contributed by atoms with Gasteiger partial charge in [-0.1, -0.05) is 0 Å². The Morgan fingerprint density at radius 3 is 3.00 bits per heavy atom. The number of nitrogens with one attached hydrogen (secondary N) is 1. The molecule has 4 nitrogen and oxygen atoms in total. The second-order valence-electron chi connectivity index (χ2n) is 4.95. The Balaban J connectivity index is 2.12. The Kier molecular flexibility index (Phi) is 5.07. The molecule has 1 aliphatic heterocycles. The minimum absolute atomic E-state index is 0.166. The number of likely N-dealkylation sites (tertiary alicyclic amines) is 1. The number of likely N-dealkylation sites (N-methyl/N-ethyl adjacent to an activating group) is 1. The van der Waals surface area contributed by atoms with E-state index < -0.39 is 0 Å². The summed E-state index contributed by atoms with van der Waals surface area (Å²) in [6, 6.07) is 4.48. The van der Waals surface area contributed by atoms with Crippen molar-refractivity contribution in [1.82, 2.24) is 10.2 Å². The summed E-state index contributed by atoms with van der Waals surface area (Å²) in [6.07, 6.45) is 2.50. The number of nitrogens with zero attached hydrogens (tertiary/aromatic N) is 1. The van der Waals surface area contributed by atoms with E-state index in [4.69, 9.17) is 4.74 Å². The monoisotopic (exact) mass is 328 g/mol. The molecular weight excluding hydrogens is 308 g/mol. The van der Waals surface area contributed by atoms with Crippen LogP contribution >= 0.6 is 15.9 Å². The Hall–Kier alpha value is -0.780. The topological polar surface area (TPSA) is 44.7 Å². The Morgan fingerprint density at radius 1 is 1.53 bits per heavy atom. The number of benzene rings is 1. The minimum Gasteiger partial charge on any atom is -0.503 e. The van der Waals surface area contributed by atoms with Crippen LogP contribution in [0.25, 0.3) is 0 Å². The molecule has 1 aromatic rings. The van der Waals surface area contributed by atoms with Crippen LogP contribution in [0.15, 0.2) is 16.6 Å². The van der Waals surface area contributed by atoms with Crippen molar-refractivity contribution in [2.45, 2.75) is 25.4 Å². The maximum atomic E-state index is 9.82. The van der Waals surface area contributed by atoms with E-state index in [1.54, 1.807) is 7.11 Å². The molecule has 0 amide bonds. The maximum absolute atomic E-state index is 9.82. The van der Waals surface area contributed by atoms with Crippen LogP contribution in [0.5, 0.6) is 11.5 Å². The van der Waals surface area contributed by atoms with Crippen molar-refractivity contribution in [2.75, 3.05) is 27.2 Å². The fourth-order valence-electron chi connectivity index (χ4n) is 2.68. The summed E-state index contributed by atoms with van der Waals surface area (Å²) in [6.45, 7) is 3.05. The van der Waals surface area contributed by atoms with Gasteiger partial charge in [0.15, 0.2) is 11.5 Å². The predicted molar refractivity (Wildman–Crippen MR) is 79.7 cm³/mol. The van der Waals surface area contributed by atoms with E-state index in [0.717, 1.165) is 25.2 Å². The number of phenols is 1. The summed E-state index contributed by atoms with van der Waals surface area (Å²) in [5.41, 5.74) is 1.16. The first kappa shape index (κ1) is 14.6. The first-order valence-electron chi connectivity index (χ1n) is 6.59. The second kappa shape index (κ2) is 6.59. The lowest BCUT2D eigenvalue weighted by Crippen LogP contribution is -2.36. The van der Waals surface area contributed by atoms with Crippen LogP contribution in [0.1, 0.15) is 18.4 Å². The largest absolute Gasteiger partial charge is 0.503 e. The lowest BCUT2D eigenvalue weighted by molar-refractivity contribution is 0.241. The maximum Gasteiger partial charge on any atom is 0.172 e. The Morgan fingerprint density at radius 2 is 2.32 bits per heavy atom. The van der Waals surface area contributed by atoms with Crippen LogP contribution in [0.2, 0.25) is 0 Å². The fraction of sp³-hybridized carbons (Fsp3) is 0.571. The van der Waals surface area contributed by atoms with Gasteiger partial charge < -0.3 is 15.2 Å². The molecule has 2 rings (SSSR count). The molecule has 1 unspecified atom stereocenters. The molecule has 5 heteroatoms. The molecule has 0 aromatic heterocycles. The van der Waals surface area contributed by atoms with E-state index in [1.807, 2.05) is 19.2 Å². The molecule has 1 fully saturated rings. The summed E-state index contributed by atoms with van der Waals surface area (Å²) < 4.78 is 5.88. The fourth-order valence-corrected chi connectivity index (χ4v) is 3.17. The van der Waals surface area contributed by atoms with Gasteiger partial charge in [-0.15, -0.1) is 0 Å². The van der Waals surface area contributed by atoms with Crippen LogP contribution in [0.4, 0.5) is 0 Å². The molecule has 1 heterocycles. The highest BCUT2D eigenvalue weighted by Gasteiger charge is 2.24. The van der Waals surface area contributed by atoms with Crippen molar-refractivity contribution >= 4 is 15.9 Å². The van der Waals surface area contributed by atoms with Crippen molar-refractivity contribution in [2.24, 2.45) is 0 Å². The highest BCUT2D eigenvalue weighted by Crippen LogP contribution is 2.36. The number of halogens is 1. The molecule has 2 N–H and O–H groups in total. The normalized spacial score (nSPS) is 19.8. The molecular formula is C14H21BrN2O2. The first-order chi connectivity index (χ1) is 9.15. The third kappa shape index (κ3) is 3.41. The van der Waals surface area contributed by atoms with E-state index in [-0.39, 0.29) is 5.75 Å². The van der Waals surface area contributed by atoms with Gasteiger partial charge in [-0.2, -0.15) is 0 Å². The van der Waals surface area contributed by atoms with Crippen molar-refractivity contribution < 1.29 is 9.84 Å². The quantitative estimate of drug-likeness (QED) is 0.870. The highest BCUT2D eigenvalue weighted by atomic mass is 79.9. The van der Waals surface area contributed by atoms with Crippen LogP contribution in [-0.4, -0.2) is 43.3 Å². The van der Waals surface area contributed by atoms with Gasteiger partial charge in [-0.05, 0) is 60.1 Å². The van der Waals surface area contributed by atoms with Crippen molar-refractivity contribution in [3.63, 3.8) is 0 Å². The van der Waals surface area contributed by atoms with Crippen LogP contribution in [0.3, 0.4) is 0 Å². The average molecular weight is 329 g/mol. The number of aromatic hydroxyl groups is 1. The summed E-state index contributed by atoms with van der Waals surface area (Å²) in [5.74, 6) is 0.688. The molecule has 1 aliphatic rings. The lowest BCUT2D eigenvalue weighted by Gasteiger charge is -2.24. The molecule has 0 bridgehead atoms. The molecule has 0 aliphatic carbocycles. The standard InChI is InChI=1S/C14H21BrN2O2/c1-16-8-11-4-3-5-17(11)9-10-6-12(15)14(18)13(7-10)19-2/h6-7,11,16,18H,3-5,8-9H2,1-2H3. The lowest BCUT2D eigenvalue weighted by atomic mass is 10.1. The summed E-state index contributed by atoms with van der Waals surface area (Å²) in [4.78, 5) is 2.48. The number of methoxy groups -OCH3 is 1. The first-order valence-corrected chi connectivity index (χ1v) is 7.39. The van der Waals surface area contributed by atoms with Crippen molar-refractivity contribution in [3.05, 3.63) is 22.2 Å². The molecule has 1 aromatic carbocycles. The van der Waals surface area contributed by atoms with Crippen molar-refractivity contribution in [1.29, 1.82) is 0 Å². The Bertz CT molecular complexity index is 440. The third-order valence-corrected chi connectivity index (χ3v) is 4.24. The average Bonchev–Trinajstić information content (AvgIpc) is 2.81. The smallest absolute Gasteiger partial charge is 0.172 e. The van der Waals surface area contributed by atoms with E-state index in [9.17, 15) is 5.11 Å². The minimum atomic E-state index is 0.166. The summed E-state index contributed by atoms with van der Waals surface area (Å²) in [7, 11) is 3.57. The highest BCUT2D eigenvalue weighted by molar-refractivity contribution is 9.10. The van der Waals surface area contributed by atoms with Gasteiger partial charge in [-0.3, -0.25) is 4.90 Å². The number of hydrogen-bond acceptors (Lipinski definition) is 4. The SMILES string of the molecule is CNCC1CCCN1Cc1cc(Br)c(O)c(OC)c1. The van der Waals surface area contributed by atoms with E-state index in [1.165, 1.54) is 12.8 Å². The van der Waals surface area contributed by atoms with Gasteiger partial charge >= 0.3 is 0 Å². The number of phenolic OH excluding ortho intramolecular Hbond substituents is 1. The Labute approximate surface area is 122 Å². The summed E-state index contributed by atoms with van der Waals surface area (Å²) in [5, 5.41) is 13.1. The van der Waals surface area contributed by atoms with Gasteiger partial charge in [-0.25, -0.2) is 0 Å². The number of ether oxygens (including phenoxy) is 1. The molecule has 1 atom stereocenters. The molecule has 0 spiro atoms. The van der Waals surface area contributed by atoms with Gasteiger partial charge in [0, 0.05) is 19.1 Å². The zero-order chi connectivity index (χ0) is 13.8. The van der Waals surface area contributed by atoms with Gasteiger partial charge in [0.25, 0.3) is 0 Å². The molecule has 1 saturated heterocycles. The molecule has 0 radical (unpaired) electrons. The number of hydrogen-bond donors (Lipinski definition) is 2. The third-order valence-electron chi connectivity index (χ3n) is 3.63. The van der Waals surface area contributed by atoms with E-state index in [2.05, 4.69) is 26.1 Å². The molecule has 0 saturated carbocycles. The second-order valence-corrected chi connectivity index (χ2v) is 5.81. The zero-order valence-corrected chi connectivity index (χ0v) is 13.0. The van der Waals surface area contributed by atoms with Crippen LogP contribution in [-0.2, 0) is 6.54 Å². The molecule has 106 valence electrons.